The average Bonchev–Trinajstić information content (AvgIpc) is 2.62. The maximum atomic E-state index is 12.0. The number of benzene rings is 1. The molecule has 0 aliphatic carbocycles. The van der Waals surface area contributed by atoms with E-state index >= 15 is 0 Å². The summed E-state index contributed by atoms with van der Waals surface area (Å²) >= 11 is 0. The first-order valence-electron chi connectivity index (χ1n) is 7.82. The van der Waals surface area contributed by atoms with E-state index in [-0.39, 0.29) is 24.7 Å². The van der Waals surface area contributed by atoms with E-state index in [4.69, 9.17) is 15.3 Å². The van der Waals surface area contributed by atoms with Gasteiger partial charge in [-0.3, -0.25) is 4.79 Å². The lowest BCUT2D eigenvalue weighted by atomic mass is 10.2. The number of allylic oxidation sites excluding steroid dienone is 3. The van der Waals surface area contributed by atoms with Crippen LogP contribution in [-0.2, 0) is 16.1 Å². The lowest BCUT2D eigenvalue weighted by Gasteiger charge is -2.19. The van der Waals surface area contributed by atoms with Crippen LogP contribution >= 0.6 is 0 Å². The third-order valence-corrected chi connectivity index (χ3v) is 3.17. The number of hydrogen-bond acceptors (Lipinski definition) is 5. The number of rotatable bonds is 9. The molecule has 0 unspecified atom stereocenters. The smallest absolute Gasteiger partial charge is 0.325 e. The molecule has 5 heteroatoms. The van der Waals surface area contributed by atoms with Gasteiger partial charge in [0.1, 0.15) is 30.9 Å². The van der Waals surface area contributed by atoms with Crippen LogP contribution in [0.2, 0.25) is 0 Å². The predicted octanol–water partition coefficient (Wildman–Crippen LogP) is 3.32. The number of unbranched alkanes of at least 4 members (excludes halogenated alkanes) is 1. The van der Waals surface area contributed by atoms with Crippen LogP contribution in [0.25, 0.3) is 0 Å². The van der Waals surface area contributed by atoms with E-state index in [1.807, 2.05) is 35.2 Å². The van der Waals surface area contributed by atoms with Crippen molar-refractivity contribution in [1.82, 2.24) is 4.90 Å². The highest BCUT2D eigenvalue weighted by atomic mass is 16.5. The Morgan fingerprint density at radius 3 is 2.58 bits per heavy atom. The Morgan fingerprint density at radius 1 is 1.25 bits per heavy atom. The van der Waals surface area contributed by atoms with E-state index < -0.39 is 0 Å². The van der Waals surface area contributed by atoms with Crippen molar-refractivity contribution in [2.24, 2.45) is 0 Å². The summed E-state index contributed by atoms with van der Waals surface area (Å²) in [5, 5.41) is 17.4. The monoisotopic (exact) mass is 323 g/mol. The molecule has 5 nitrogen and oxygen atoms in total. The van der Waals surface area contributed by atoms with Gasteiger partial charge >= 0.3 is 5.97 Å². The van der Waals surface area contributed by atoms with Gasteiger partial charge in [-0.1, -0.05) is 43.7 Å². The second-order valence-corrected chi connectivity index (χ2v) is 5.12. The van der Waals surface area contributed by atoms with Gasteiger partial charge in [-0.2, -0.15) is 10.5 Å². The standard InChI is InChI=1S/C19H21N3O2/c1-2-3-11-22(12-7-10-18(13-20)14-21)15-19(23)24-16-17-8-5-4-6-9-17/h4-10,12H,2-3,11,15-16H2,1H3. The Labute approximate surface area is 143 Å². The highest BCUT2D eigenvalue weighted by molar-refractivity contribution is 5.71. The van der Waals surface area contributed by atoms with Crippen molar-refractivity contribution in [3.63, 3.8) is 0 Å². The Kier molecular flexibility index (Phi) is 9.11. The minimum atomic E-state index is -0.315. The normalized spacial score (nSPS) is 9.79. The molecule has 0 heterocycles. The number of carbonyl (C=O) groups is 1. The molecule has 1 aromatic rings. The first-order valence-corrected chi connectivity index (χ1v) is 7.82. The van der Waals surface area contributed by atoms with Crippen LogP contribution in [0.3, 0.4) is 0 Å². The first kappa shape index (κ1) is 19.0. The summed E-state index contributed by atoms with van der Waals surface area (Å²) in [5.41, 5.74) is 0.963. The van der Waals surface area contributed by atoms with Crippen molar-refractivity contribution in [3.05, 3.63) is 59.8 Å². The highest BCUT2D eigenvalue weighted by Gasteiger charge is 2.08. The maximum Gasteiger partial charge on any atom is 0.325 e. The number of carbonyl (C=O) groups excluding carboxylic acids is 1. The zero-order chi connectivity index (χ0) is 17.6. The summed E-state index contributed by atoms with van der Waals surface area (Å²) in [6, 6.07) is 13.1. The quantitative estimate of drug-likeness (QED) is 0.396. The van der Waals surface area contributed by atoms with Gasteiger partial charge in [0.2, 0.25) is 0 Å². The van der Waals surface area contributed by atoms with Gasteiger partial charge in [0.25, 0.3) is 0 Å². The molecule has 124 valence electrons. The van der Waals surface area contributed by atoms with Crippen LogP contribution in [-0.4, -0.2) is 24.0 Å². The molecule has 0 aliphatic heterocycles. The van der Waals surface area contributed by atoms with E-state index in [1.54, 1.807) is 24.4 Å². The molecule has 0 atom stereocenters. The number of hydrogen-bond donors (Lipinski definition) is 0. The van der Waals surface area contributed by atoms with Crippen molar-refractivity contribution in [3.8, 4) is 12.1 Å². The van der Waals surface area contributed by atoms with Crippen molar-refractivity contribution < 1.29 is 9.53 Å². The topological polar surface area (TPSA) is 77.1 Å². The molecule has 1 rings (SSSR count). The van der Waals surface area contributed by atoms with Crippen LogP contribution in [0.4, 0.5) is 0 Å². The summed E-state index contributed by atoms with van der Waals surface area (Å²) in [6.07, 6.45) is 6.66. The van der Waals surface area contributed by atoms with E-state index in [1.165, 1.54) is 6.08 Å². The molecule has 0 radical (unpaired) electrons. The van der Waals surface area contributed by atoms with Crippen molar-refractivity contribution in [2.45, 2.75) is 26.4 Å². The van der Waals surface area contributed by atoms with E-state index in [0.717, 1.165) is 18.4 Å². The van der Waals surface area contributed by atoms with Crippen LogP contribution in [0.1, 0.15) is 25.3 Å². The lowest BCUT2D eigenvalue weighted by molar-refractivity contribution is -0.145. The largest absolute Gasteiger partial charge is 0.459 e. The summed E-state index contributed by atoms with van der Waals surface area (Å²) in [4.78, 5) is 13.8. The van der Waals surface area contributed by atoms with Crippen LogP contribution in [0.15, 0.2) is 54.3 Å². The summed E-state index contributed by atoms with van der Waals surface area (Å²) in [6.45, 7) is 3.15. The molecule has 1 aromatic carbocycles. The van der Waals surface area contributed by atoms with Gasteiger partial charge in [-0.05, 0) is 30.3 Å². The van der Waals surface area contributed by atoms with Crippen molar-refractivity contribution >= 4 is 5.97 Å². The molecule has 0 bridgehead atoms. The Hall–Kier alpha value is -3.05. The second-order valence-electron chi connectivity index (χ2n) is 5.12. The third-order valence-electron chi connectivity index (χ3n) is 3.17. The minimum absolute atomic E-state index is 0.0216. The van der Waals surface area contributed by atoms with Gasteiger partial charge in [-0.15, -0.1) is 0 Å². The van der Waals surface area contributed by atoms with Gasteiger partial charge in [0.15, 0.2) is 0 Å². The fourth-order valence-electron chi connectivity index (χ4n) is 1.88. The van der Waals surface area contributed by atoms with Gasteiger partial charge < -0.3 is 9.64 Å². The van der Waals surface area contributed by atoms with Crippen LogP contribution < -0.4 is 0 Å². The predicted molar refractivity (Wildman–Crippen MR) is 91.2 cm³/mol. The molecule has 0 saturated carbocycles. The molecule has 0 fully saturated rings. The van der Waals surface area contributed by atoms with Gasteiger partial charge in [0.05, 0.1) is 0 Å². The molecule has 0 N–H and O–H groups in total. The Balaban J connectivity index is 2.56. The zero-order valence-corrected chi connectivity index (χ0v) is 13.8. The molecule has 24 heavy (non-hydrogen) atoms. The fraction of sp³-hybridized carbons (Fsp3) is 0.316. The van der Waals surface area contributed by atoms with Crippen molar-refractivity contribution in [2.75, 3.05) is 13.1 Å². The lowest BCUT2D eigenvalue weighted by Crippen LogP contribution is -2.27. The Bertz CT molecular complexity index is 635. The summed E-state index contributed by atoms with van der Waals surface area (Å²) in [7, 11) is 0. The summed E-state index contributed by atoms with van der Waals surface area (Å²) in [5.74, 6) is -0.315. The fourth-order valence-corrected chi connectivity index (χ4v) is 1.88. The minimum Gasteiger partial charge on any atom is -0.459 e. The number of nitriles is 2. The van der Waals surface area contributed by atoms with Crippen LogP contribution in [0, 0.1) is 22.7 Å². The van der Waals surface area contributed by atoms with E-state index in [2.05, 4.69) is 6.92 Å². The first-order chi connectivity index (χ1) is 11.7. The zero-order valence-electron chi connectivity index (χ0n) is 13.8. The van der Waals surface area contributed by atoms with Gasteiger partial charge in [-0.25, -0.2) is 0 Å². The molecule has 0 spiro atoms. The molecule has 0 amide bonds. The molecule has 0 aliphatic rings. The molecule has 0 saturated heterocycles. The maximum absolute atomic E-state index is 12.0. The van der Waals surface area contributed by atoms with Crippen LogP contribution in [0.5, 0.6) is 0 Å². The third kappa shape index (κ3) is 7.82. The summed E-state index contributed by atoms with van der Waals surface area (Å²) < 4.78 is 5.27. The molecular formula is C19H21N3O2. The average molecular weight is 323 g/mol. The number of ether oxygens (including phenoxy) is 1. The number of nitrogens with zero attached hydrogens (tertiary/aromatic N) is 3. The van der Waals surface area contributed by atoms with E-state index in [9.17, 15) is 4.79 Å². The van der Waals surface area contributed by atoms with Crippen molar-refractivity contribution in [1.29, 1.82) is 10.5 Å². The SMILES string of the molecule is CCCCN(C=CC=C(C#N)C#N)CC(=O)OCc1ccccc1. The van der Waals surface area contributed by atoms with Gasteiger partial charge in [0, 0.05) is 6.54 Å². The highest BCUT2D eigenvalue weighted by Crippen LogP contribution is 2.03. The number of esters is 1. The Morgan fingerprint density at radius 2 is 1.96 bits per heavy atom. The molecular weight excluding hydrogens is 302 g/mol. The second kappa shape index (κ2) is 11.5. The van der Waals surface area contributed by atoms with E-state index in [0.29, 0.717) is 6.54 Å². The molecule has 0 aromatic heterocycles.